The molecular formula is C25H20Br2N2O4. The molecule has 0 atom stereocenters. The highest BCUT2D eigenvalue weighted by Gasteiger charge is 2.13. The number of hydrogen-bond acceptors (Lipinski definition) is 5. The Kier molecular flexibility index (Phi) is 7.15. The number of carbonyl (C=O) groups is 1. The lowest BCUT2D eigenvalue weighted by Crippen LogP contribution is -2.16. The lowest BCUT2D eigenvalue weighted by Gasteiger charge is -2.13. The van der Waals surface area contributed by atoms with Gasteiger partial charge in [-0.2, -0.15) is 5.10 Å². The molecule has 1 amide bonds. The van der Waals surface area contributed by atoms with Crippen molar-refractivity contribution in [2.75, 3.05) is 7.11 Å². The van der Waals surface area contributed by atoms with Gasteiger partial charge in [-0.15, -0.1) is 0 Å². The number of fused-ring (bicyclic) bond motifs is 1. The van der Waals surface area contributed by atoms with E-state index in [0.29, 0.717) is 28.2 Å². The Labute approximate surface area is 207 Å². The Morgan fingerprint density at radius 2 is 1.88 bits per heavy atom. The number of nitrogens with one attached hydrogen (secondary N) is 1. The molecule has 0 aliphatic heterocycles. The fourth-order valence-corrected chi connectivity index (χ4v) is 4.09. The minimum Gasteiger partial charge on any atom is -0.493 e. The molecule has 0 aliphatic carbocycles. The van der Waals surface area contributed by atoms with Gasteiger partial charge in [0.25, 0.3) is 0 Å². The summed E-state index contributed by atoms with van der Waals surface area (Å²) in [6.45, 7) is 2.45. The average Bonchev–Trinajstić information content (AvgIpc) is 3.22. The van der Waals surface area contributed by atoms with Gasteiger partial charge in [0.1, 0.15) is 12.2 Å². The van der Waals surface area contributed by atoms with Crippen LogP contribution in [-0.4, -0.2) is 19.2 Å². The normalized spacial score (nSPS) is 11.2. The van der Waals surface area contributed by atoms with Crippen molar-refractivity contribution >= 4 is 55.0 Å². The van der Waals surface area contributed by atoms with Crippen molar-refractivity contribution in [3.63, 3.8) is 0 Å². The summed E-state index contributed by atoms with van der Waals surface area (Å²) >= 11 is 6.94. The minimum absolute atomic E-state index is 0.180. The highest BCUT2D eigenvalue weighted by Crippen LogP contribution is 2.37. The first-order valence-corrected chi connectivity index (χ1v) is 11.6. The number of amides is 1. The van der Waals surface area contributed by atoms with Gasteiger partial charge in [0, 0.05) is 9.86 Å². The first-order valence-electron chi connectivity index (χ1n) is 10.0. The van der Waals surface area contributed by atoms with Crippen molar-refractivity contribution in [3.05, 3.63) is 92.1 Å². The van der Waals surface area contributed by atoms with Crippen LogP contribution in [0.5, 0.6) is 11.5 Å². The zero-order valence-electron chi connectivity index (χ0n) is 17.9. The Bertz CT molecular complexity index is 1330. The van der Waals surface area contributed by atoms with E-state index in [1.807, 2.05) is 49.4 Å². The van der Waals surface area contributed by atoms with Gasteiger partial charge in [0.15, 0.2) is 17.3 Å². The molecule has 168 valence electrons. The van der Waals surface area contributed by atoms with Crippen LogP contribution in [0.15, 0.2) is 79.1 Å². The fraction of sp³-hybridized carbons (Fsp3) is 0.120. The van der Waals surface area contributed by atoms with Gasteiger partial charge in [-0.05, 0) is 70.4 Å². The molecule has 1 aromatic heterocycles. The van der Waals surface area contributed by atoms with Gasteiger partial charge in [-0.1, -0.05) is 45.8 Å². The van der Waals surface area contributed by atoms with Crippen molar-refractivity contribution in [2.45, 2.75) is 13.5 Å². The number of ether oxygens (including phenoxy) is 2. The second kappa shape index (κ2) is 10.2. The van der Waals surface area contributed by atoms with Crippen LogP contribution < -0.4 is 14.9 Å². The van der Waals surface area contributed by atoms with Gasteiger partial charge in [-0.3, -0.25) is 4.79 Å². The van der Waals surface area contributed by atoms with Gasteiger partial charge >= 0.3 is 5.91 Å². The first-order chi connectivity index (χ1) is 15.9. The molecule has 0 unspecified atom stereocenters. The van der Waals surface area contributed by atoms with Gasteiger partial charge in [-0.25, -0.2) is 5.43 Å². The second-order valence-corrected chi connectivity index (χ2v) is 9.07. The summed E-state index contributed by atoms with van der Waals surface area (Å²) in [4.78, 5) is 12.4. The van der Waals surface area contributed by atoms with Gasteiger partial charge < -0.3 is 13.9 Å². The zero-order chi connectivity index (χ0) is 23.4. The predicted octanol–water partition coefficient (Wildman–Crippen LogP) is 6.62. The molecule has 8 heteroatoms. The Morgan fingerprint density at radius 1 is 1.09 bits per heavy atom. The smallest absolute Gasteiger partial charge is 0.307 e. The third-order valence-corrected chi connectivity index (χ3v) is 5.92. The molecule has 6 nitrogen and oxygen atoms in total. The van der Waals surface area contributed by atoms with Crippen LogP contribution in [0.2, 0.25) is 0 Å². The fourth-order valence-electron chi connectivity index (χ4n) is 3.14. The maximum absolute atomic E-state index is 12.4. The summed E-state index contributed by atoms with van der Waals surface area (Å²) < 4.78 is 18.7. The van der Waals surface area contributed by atoms with Gasteiger partial charge in [0.2, 0.25) is 0 Å². The Morgan fingerprint density at radius 3 is 2.64 bits per heavy atom. The SMILES string of the molecule is COc1cc(/C=N/NC(=O)c2cc3cc(Br)ccc3o2)cc(Br)c1OCc1ccc(C)cc1. The largest absolute Gasteiger partial charge is 0.493 e. The lowest BCUT2D eigenvalue weighted by atomic mass is 10.2. The number of rotatable bonds is 7. The van der Waals surface area contributed by atoms with Crippen molar-refractivity contribution < 1.29 is 18.7 Å². The molecule has 0 spiro atoms. The van der Waals surface area contributed by atoms with Crippen LogP contribution in [0, 0.1) is 6.92 Å². The molecule has 33 heavy (non-hydrogen) atoms. The van der Waals surface area contributed by atoms with Crippen LogP contribution in [0.25, 0.3) is 11.0 Å². The van der Waals surface area contributed by atoms with Crippen molar-refractivity contribution in [2.24, 2.45) is 5.10 Å². The van der Waals surface area contributed by atoms with Crippen molar-refractivity contribution in [1.82, 2.24) is 5.43 Å². The second-order valence-electron chi connectivity index (χ2n) is 7.30. The Balaban J connectivity index is 1.44. The van der Waals surface area contributed by atoms with Crippen molar-refractivity contribution in [3.8, 4) is 11.5 Å². The van der Waals surface area contributed by atoms with E-state index in [-0.39, 0.29) is 5.76 Å². The summed E-state index contributed by atoms with van der Waals surface area (Å²) in [7, 11) is 1.57. The van der Waals surface area contributed by atoms with E-state index in [0.717, 1.165) is 21.0 Å². The van der Waals surface area contributed by atoms with E-state index in [9.17, 15) is 4.79 Å². The van der Waals surface area contributed by atoms with Crippen LogP contribution in [-0.2, 0) is 6.61 Å². The molecule has 3 aromatic carbocycles. The van der Waals surface area contributed by atoms with Crippen LogP contribution >= 0.6 is 31.9 Å². The molecule has 0 saturated carbocycles. The molecule has 4 rings (SSSR count). The summed E-state index contributed by atoms with van der Waals surface area (Å²) in [6.07, 6.45) is 1.52. The molecule has 0 aliphatic rings. The number of carbonyl (C=O) groups excluding carboxylic acids is 1. The maximum Gasteiger partial charge on any atom is 0.307 e. The van der Waals surface area contributed by atoms with E-state index in [1.165, 1.54) is 11.8 Å². The zero-order valence-corrected chi connectivity index (χ0v) is 21.1. The topological polar surface area (TPSA) is 73.1 Å². The third kappa shape index (κ3) is 5.64. The molecule has 0 fully saturated rings. The summed E-state index contributed by atoms with van der Waals surface area (Å²) in [6, 6.07) is 19.0. The standard InChI is InChI=1S/C25H20Br2N2O4/c1-15-3-5-16(6-4-15)14-32-24-20(27)9-17(10-22(24)31-2)13-28-29-25(30)23-12-18-11-19(26)7-8-21(18)33-23/h3-13H,14H2,1-2H3,(H,29,30)/b28-13+. The van der Waals surface area contributed by atoms with E-state index < -0.39 is 5.91 Å². The number of halogens is 2. The molecule has 0 radical (unpaired) electrons. The van der Waals surface area contributed by atoms with Crippen molar-refractivity contribution in [1.29, 1.82) is 0 Å². The molecule has 0 saturated heterocycles. The monoisotopic (exact) mass is 570 g/mol. The number of nitrogens with zero attached hydrogens (tertiary/aromatic N) is 1. The predicted molar refractivity (Wildman–Crippen MR) is 135 cm³/mol. The van der Waals surface area contributed by atoms with E-state index in [1.54, 1.807) is 25.3 Å². The Hall–Kier alpha value is -3.10. The molecule has 1 heterocycles. The first kappa shape index (κ1) is 23.1. The molecular weight excluding hydrogens is 552 g/mol. The third-order valence-electron chi connectivity index (χ3n) is 4.84. The highest BCUT2D eigenvalue weighted by molar-refractivity contribution is 9.10. The van der Waals surface area contributed by atoms with Crippen LogP contribution in [0.3, 0.4) is 0 Å². The molecule has 4 aromatic rings. The number of benzene rings is 3. The lowest BCUT2D eigenvalue weighted by molar-refractivity contribution is 0.0929. The summed E-state index contributed by atoms with van der Waals surface area (Å²) in [5, 5.41) is 4.87. The van der Waals surface area contributed by atoms with E-state index >= 15 is 0 Å². The number of hydrazone groups is 1. The number of hydrogen-bond donors (Lipinski definition) is 1. The number of aryl methyl sites for hydroxylation is 1. The van der Waals surface area contributed by atoms with E-state index in [4.69, 9.17) is 13.9 Å². The average molecular weight is 572 g/mol. The maximum atomic E-state index is 12.4. The van der Waals surface area contributed by atoms with Gasteiger partial charge in [0.05, 0.1) is 17.8 Å². The van der Waals surface area contributed by atoms with Crippen LogP contribution in [0.1, 0.15) is 27.2 Å². The van der Waals surface area contributed by atoms with Crippen LogP contribution in [0.4, 0.5) is 0 Å². The number of methoxy groups -OCH3 is 1. The molecule has 0 bridgehead atoms. The van der Waals surface area contributed by atoms with E-state index in [2.05, 4.69) is 42.4 Å². The molecule has 1 N–H and O–H groups in total. The summed E-state index contributed by atoms with van der Waals surface area (Å²) in [5.74, 6) is 0.876. The number of furan rings is 1. The quantitative estimate of drug-likeness (QED) is 0.200. The summed E-state index contributed by atoms with van der Waals surface area (Å²) in [5.41, 5.74) is 6.08. The minimum atomic E-state index is -0.442. The highest BCUT2D eigenvalue weighted by atomic mass is 79.9.